The number of benzene rings is 3. The van der Waals surface area contributed by atoms with Gasteiger partial charge in [-0.1, -0.05) is 48.5 Å². The molecule has 1 saturated heterocycles. The summed E-state index contributed by atoms with van der Waals surface area (Å²) in [5, 5.41) is 3.15. The molecule has 0 spiro atoms. The molecule has 1 N–H and O–H groups in total. The minimum absolute atomic E-state index is 0.000199. The molecule has 0 radical (unpaired) electrons. The second-order valence-corrected chi connectivity index (χ2v) is 10.7. The van der Waals surface area contributed by atoms with Gasteiger partial charge in [0, 0.05) is 31.2 Å². The van der Waals surface area contributed by atoms with Crippen LogP contribution in [0.3, 0.4) is 0 Å². The lowest BCUT2D eigenvalue weighted by atomic mass is 10.0. The second-order valence-electron chi connectivity index (χ2n) is 10.7. The van der Waals surface area contributed by atoms with Crippen molar-refractivity contribution in [1.29, 1.82) is 0 Å². The van der Waals surface area contributed by atoms with Crippen LogP contribution in [0.5, 0.6) is 5.75 Å². The lowest BCUT2D eigenvalue weighted by molar-refractivity contribution is -0.136. The molecule has 7 nitrogen and oxygen atoms in total. The van der Waals surface area contributed by atoms with Crippen molar-refractivity contribution in [2.75, 3.05) is 31.2 Å². The van der Waals surface area contributed by atoms with Gasteiger partial charge in [-0.25, -0.2) is 0 Å². The third-order valence-corrected chi connectivity index (χ3v) is 7.74. The molecule has 0 unspecified atom stereocenters. The number of nitrogens with zero attached hydrogens (tertiary/aromatic N) is 2. The Balaban J connectivity index is 1.19. The number of amides is 2. The Kier molecular flexibility index (Phi) is 9.14. The Hall–Kier alpha value is -3.68. The predicted octanol–water partition coefficient (Wildman–Crippen LogP) is 4.79. The van der Waals surface area contributed by atoms with Crippen molar-refractivity contribution in [3.63, 3.8) is 0 Å². The summed E-state index contributed by atoms with van der Waals surface area (Å²) < 4.78 is 11.6. The first kappa shape index (κ1) is 27.9. The van der Waals surface area contributed by atoms with E-state index in [0.29, 0.717) is 38.6 Å². The number of hydrogen-bond donors (Lipinski definition) is 1. The SMILES string of the molecule is Cc1cccc(CN(C(=O)[C@H]2CNCC(=O)N2c2ccc(OCCCOCc3ccccc3)cc2)C2CC2)c1C. The molecule has 1 aliphatic heterocycles. The molecule has 0 bridgehead atoms. The molecular formula is C33H39N3O4. The van der Waals surface area contributed by atoms with Crippen LogP contribution in [-0.2, 0) is 27.5 Å². The molecule has 1 saturated carbocycles. The highest BCUT2D eigenvalue weighted by atomic mass is 16.5. The van der Waals surface area contributed by atoms with Gasteiger partial charge in [-0.05, 0) is 73.2 Å². The van der Waals surface area contributed by atoms with Gasteiger partial charge in [0.05, 0.1) is 26.4 Å². The lowest BCUT2D eigenvalue weighted by Gasteiger charge is -2.38. The van der Waals surface area contributed by atoms with Crippen molar-refractivity contribution >= 4 is 17.5 Å². The Morgan fingerprint density at radius 3 is 2.50 bits per heavy atom. The minimum Gasteiger partial charge on any atom is -0.494 e. The van der Waals surface area contributed by atoms with Crippen LogP contribution >= 0.6 is 0 Å². The van der Waals surface area contributed by atoms with Crippen LogP contribution in [0.25, 0.3) is 0 Å². The number of aryl methyl sites for hydroxylation is 1. The highest BCUT2D eigenvalue weighted by Crippen LogP contribution is 2.32. The zero-order valence-electron chi connectivity index (χ0n) is 23.5. The first-order valence-corrected chi connectivity index (χ1v) is 14.2. The molecule has 5 rings (SSSR count). The van der Waals surface area contributed by atoms with Crippen molar-refractivity contribution in [2.24, 2.45) is 0 Å². The number of hydrogen-bond acceptors (Lipinski definition) is 5. The van der Waals surface area contributed by atoms with Crippen LogP contribution in [0.1, 0.15) is 41.5 Å². The second kappa shape index (κ2) is 13.1. The number of nitrogens with one attached hydrogen (secondary N) is 1. The molecule has 1 aliphatic carbocycles. The first-order chi connectivity index (χ1) is 19.5. The van der Waals surface area contributed by atoms with Gasteiger partial charge in [0.25, 0.3) is 0 Å². The maximum Gasteiger partial charge on any atom is 0.247 e. The topological polar surface area (TPSA) is 71.1 Å². The van der Waals surface area contributed by atoms with Crippen molar-refractivity contribution in [2.45, 2.75) is 58.3 Å². The Bertz CT molecular complexity index is 1290. The molecule has 7 heteroatoms. The van der Waals surface area contributed by atoms with Crippen LogP contribution in [-0.4, -0.2) is 55.1 Å². The van der Waals surface area contributed by atoms with Gasteiger partial charge >= 0.3 is 0 Å². The zero-order chi connectivity index (χ0) is 27.9. The standard InChI is InChI=1S/C33H39N3O4/c1-24-8-6-11-27(25(24)2)22-35(28-12-13-28)33(38)31-20-34-21-32(37)36(31)29-14-16-30(17-15-29)40-19-7-18-39-23-26-9-4-3-5-10-26/h3-6,8-11,14-17,28,31,34H,7,12-13,18-23H2,1-2H3/t31-/m1/s1. The van der Waals surface area contributed by atoms with E-state index in [1.807, 2.05) is 65.6 Å². The van der Waals surface area contributed by atoms with Crippen LogP contribution in [0.4, 0.5) is 5.69 Å². The van der Waals surface area contributed by atoms with Gasteiger partial charge in [-0.3, -0.25) is 14.5 Å². The van der Waals surface area contributed by atoms with E-state index in [-0.39, 0.29) is 24.4 Å². The minimum atomic E-state index is -0.583. The molecule has 2 aliphatic rings. The Morgan fingerprint density at radius 2 is 1.75 bits per heavy atom. The monoisotopic (exact) mass is 541 g/mol. The van der Waals surface area contributed by atoms with Gasteiger partial charge in [0.2, 0.25) is 11.8 Å². The molecule has 3 aromatic carbocycles. The largest absolute Gasteiger partial charge is 0.494 e. The van der Waals surface area contributed by atoms with Crippen LogP contribution < -0.4 is 15.0 Å². The molecule has 210 valence electrons. The van der Waals surface area contributed by atoms with E-state index in [1.165, 1.54) is 11.1 Å². The molecular weight excluding hydrogens is 502 g/mol. The van der Waals surface area contributed by atoms with E-state index in [1.54, 1.807) is 4.90 Å². The molecule has 40 heavy (non-hydrogen) atoms. The molecule has 3 aromatic rings. The van der Waals surface area contributed by atoms with E-state index in [4.69, 9.17) is 9.47 Å². The normalized spacial score (nSPS) is 17.1. The summed E-state index contributed by atoms with van der Waals surface area (Å²) in [5.41, 5.74) is 5.47. The Morgan fingerprint density at radius 1 is 0.975 bits per heavy atom. The maximum absolute atomic E-state index is 14.0. The fourth-order valence-corrected chi connectivity index (χ4v) is 5.14. The van der Waals surface area contributed by atoms with Gasteiger partial charge in [-0.2, -0.15) is 0 Å². The first-order valence-electron chi connectivity index (χ1n) is 14.2. The van der Waals surface area contributed by atoms with Gasteiger partial charge in [0.1, 0.15) is 11.8 Å². The quantitative estimate of drug-likeness (QED) is 0.334. The number of piperazine rings is 1. The summed E-state index contributed by atoms with van der Waals surface area (Å²) in [7, 11) is 0. The van der Waals surface area contributed by atoms with Crippen LogP contribution in [0.2, 0.25) is 0 Å². The van der Waals surface area contributed by atoms with Crippen molar-refractivity contribution < 1.29 is 19.1 Å². The summed E-state index contributed by atoms with van der Waals surface area (Å²) >= 11 is 0. The van der Waals surface area contributed by atoms with Crippen molar-refractivity contribution in [3.05, 3.63) is 95.1 Å². The third kappa shape index (κ3) is 6.90. The van der Waals surface area contributed by atoms with E-state index in [0.717, 1.165) is 36.1 Å². The number of carbonyl (C=O) groups excluding carboxylic acids is 2. The third-order valence-electron chi connectivity index (χ3n) is 7.74. The highest BCUT2D eigenvalue weighted by molar-refractivity contribution is 6.03. The van der Waals surface area contributed by atoms with Gasteiger partial charge in [-0.15, -0.1) is 0 Å². The van der Waals surface area contributed by atoms with Gasteiger partial charge < -0.3 is 19.7 Å². The summed E-state index contributed by atoms with van der Waals surface area (Å²) in [6.07, 6.45) is 2.79. The fraction of sp³-hybridized carbons (Fsp3) is 0.394. The summed E-state index contributed by atoms with van der Waals surface area (Å²) in [6, 6.07) is 23.5. The number of ether oxygens (including phenoxy) is 2. The van der Waals surface area contributed by atoms with E-state index >= 15 is 0 Å². The molecule has 2 fully saturated rings. The van der Waals surface area contributed by atoms with Crippen LogP contribution in [0.15, 0.2) is 72.8 Å². The Labute approximate surface area is 237 Å². The zero-order valence-corrected chi connectivity index (χ0v) is 23.5. The van der Waals surface area contributed by atoms with E-state index in [9.17, 15) is 9.59 Å². The number of anilines is 1. The average molecular weight is 542 g/mol. The summed E-state index contributed by atoms with van der Waals surface area (Å²) in [6.45, 7) is 7.17. The molecule has 2 amide bonds. The highest BCUT2D eigenvalue weighted by Gasteiger charge is 2.41. The molecule has 1 atom stereocenters. The summed E-state index contributed by atoms with van der Waals surface area (Å²) in [4.78, 5) is 30.7. The molecule has 1 heterocycles. The van der Waals surface area contributed by atoms with Crippen LogP contribution in [0, 0.1) is 13.8 Å². The van der Waals surface area contributed by atoms with E-state index in [2.05, 4.69) is 31.3 Å². The maximum atomic E-state index is 14.0. The number of rotatable bonds is 12. The smallest absolute Gasteiger partial charge is 0.247 e. The average Bonchev–Trinajstić information content (AvgIpc) is 3.82. The van der Waals surface area contributed by atoms with Crippen molar-refractivity contribution in [3.8, 4) is 5.75 Å². The predicted molar refractivity (Wildman–Crippen MR) is 156 cm³/mol. The molecule has 0 aromatic heterocycles. The van der Waals surface area contributed by atoms with Gasteiger partial charge in [0.15, 0.2) is 0 Å². The lowest BCUT2D eigenvalue weighted by Crippen LogP contribution is -2.61. The van der Waals surface area contributed by atoms with E-state index < -0.39 is 6.04 Å². The van der Waals surface area contributed by atoms with Crippen molar-refractivity contribution in [1.82, 2.24) is 10.2 Å². The fourth-order valence-electron chi connectivity index (χ4n) is 5.14. The number of carbonyl (C=O) groups is 2. The summed E-state index contributed by atoms with van der Waals surface area (Å²) in [5.74, 6) is 0.628.